The molecule has 3 aromatic rings. The second-order valence-corrected chi connectivity index (χ2v) is 7.85. The molecule has 0 saturated heterocycles. The minimum Gasteiger partial charge on any atom is -0.491 e. The molecule has 2 amide bonds. The van der Waals surface area contributed by atoms with Crippen LogP contribution in [0.15, 0.2) is 78.5 Å². The molecule has 0 fully saturated rings. The molecule has 1 aliphatic heterocycles. The monoisotopic (exact) mass is 430 g/mol. The third-order valence-electron chi connectivity index (χ3n) is 5.00. The zero-order chi connectivity index (χ0) is 22.8. The number of benzene rings is 3. The van der Waals surface area contributed by atoms with E-state index in [2.05, 4.69) is 5.32 Å². The molecule has 0 unspecified atom stereocenters. The van der Waals surface area contributed by atoms with E-state index in [-0.39, 0.29) is 23.2 Å². The second kappa shape index (κ2) is 8.67. The summed E-state index contributed by atoms with van der Waals surface area (Å²) in [4.78, 5) is 28.0. The fourth-order valence-corrected chi connectivity index (χ4v) is 3.49. The number of amides is 2. The topological polar surface area (TPSA) is 58.6 Å². The largest absolute Gasteiger partial charge is 0.491 e. The van der Waals surface area contributed by atoms with Crippen molar-refractivity contribution in [1.29, 1.82) is 0 Å². The summed E-state index contributed by atoms with van der Waals surface area (Å²) in [6.07, 6.45) is 0.0113. The highest BCUT2D eigenvalue weighted by atomic mass is 19.1. The van der Waals surface area contributed by atoms with Gasteiger partial charge >= 0.3 is 0 Å². The Labute approximate surface area is 186 Å². The molecule has 1 aliphatic rings. The van der Waals surface area contributed by atoms with Crippen molar-refractivity contribution in [3.8, 4) is 5.75 Å². The lowest BCUT2D eigenvalue weighted by Crippen LogP contribution is -2.32. The van der Waals surface area contributed by atoms with Gasteiger partial charge in [0.2, 0.25) is 0 Å². The van der Waals surface area contributed by atoms with E-state index in [0.717, 1.165) is 10.5 Å². The average Bonchev–Trinajstić information content (AvgIpc) is 3.00. The molecule has 1 N–H and O–H groups in total. The lowest BCUT2D eigenvalue weighted by Gasteiger charge is -2.17. The third-order valence-corrected chi connectivity index (χ3v) is 5.00. The number of anilines is 2. The van der Waals surface area contributed by atoms with E-state index in [9.17, 15) is 14.0 Å². The summed E-state index contributed by atoms with van der Waals surface area (Å²) in [5, 5.41) is 3.02. The predicted molar refractivity (Wildman–Crippen MR) is 123 cm³/mol. The van der Waals surface area contributed by atoms with Gasteiger partial charge in [-0.3, -0.25) is 9.59 Å². The first-order valence-corrected chi connectivity index (χ1v) is 10.3. The van der Waals surface area contributed by atoms with Gasteiger partial charge in [-0.25, -0.2) is 9.29 Å². The van der Waals surface area contributed by atoms with Gasteiger partial charge in [-0.05, 0) is 74.9 Å². The minimum absolute atomic E-state index is 0.0113. The first-order valence-electron chi connectivity index (χ1n) is 10.3. The summed E-state index contributed by atoms with van der Waals surface area (Å²) in [6.45, 7) is 5.80. The van der Waals surface area contributed by atoms with Crippen molar-refractivity contribution < 1.29 is 18.7 Å². The van der Waals surface area contributed by atoms with Gasteiger partial charge in [0, 0.05) is 5.69 Å². The molecule has 0 atom stereocenters. The van der Waals surface area contributed by atoms with Crippen molar-refractivity contribution in [2.24, 2.45) is 0 Å². The van der Waals surface area contributed by atoms with Gasteiger partial charge in [-0.1, -0.05) is 29.8 Å². The third kappa shape index (κ3) is 4.25. The number of imide groups is 1. The maximum absolute atomic E-state index is 13.4. The summed E-state index contributed by atoms with van der Waals surface area (Å²) in [5.74, 6) is -0.643. The van der Waals surface area contributed by atoms with Gasteiger partial charge in [-0.15, -0.1) is 0 Å². The Bertz CT molecular complexity index is 1180. The maximum atomic E-state index is 13.4. The van der Waals surface area contributed by atoms with E-state index in [1.54, 1.807) is 24.3 Å². The van der Waals surface area contributed by atoms with Gasteiger partial charge in [0.15, 0.2) is 0 Å². The zero-order valence-corrected chi connectivity index (χ0v) is 18.1. The van der Waals surface area contributed by atoms with Crippen molar-refractivity contribution in [3.05, 3.63) is 95.4 Å². The molecule has 0 aromatic heterocycles. The molecule has 1 heterocycles. The number of hydrogen-bond donors (Lipinski definition) is 1. The number of nitrogens with zero attached hydrogens (tertiary/aromatic N) is 1. The lowest BCUT2D eigenvalue weighted by atomic mass is 10.0. The quantitative estimate of drug-likeness (QED) is 0.538. The molecular weight excluding hydrogens is 407 g/mol. The number of hydrogen-bond acceptors (Lipinski definition) is 4. The van der Waals surface area contributed by atoms with Crippen molar-refractivity contribution >= 4 is 28.8 Å². The fraction of sp³-hybridized carbons (Fsp3) is 0.154. The minimum atomic E-state index is -0.479. The van der Waals surface area contributed by atoms with Crippen LogP contribution >= 0.6 is 0 Å². The van der Waals surface area contributed by atoms with E-state index in [1.165, 1.54) is 24.3 Å². The van der Waals surface area contributed by atoms with Crippen molar-refractivity contribution in [1.82, 2.24) is 0 Å². The van der Waals surface area contributed by atoms with Gasteiger partial charge in [0.25, 0.3) is 11.8 Å². The Hall–Kier alpha value is -3.93. The van der Waals surface area contributed by atoms with Crippen molar-refractivity contribution in [3.63, 3.8) is 0 Å². The van der Waals surface area contributed by atoms with Crippen LogP contribution in [0.2, 0.25) is 0 Å². The predicted octanol–water partition coefficient (Wildman–Crippen LogP) is 5.32. The van der Waals surface area contributed by atoms with E-state index >= 15 is 0 Å². The Morgan fingerprint density at radius 2 is 1.47 bits per heavy atom. The maximum Gasteiger partial charge on any atom is 0.282 e. The van der Waals surface area contributed by atoms with Gasteiger partial charge < -0.3 is 10.1 Å². The smallest absolute Gasteiger partial charge is 0.282 e. The summed E-state index contributed by atoms with van der Waals surface area (Å²) in [6, 6.07) is 19.8. The molecule has 0 bridgehead atoms. The first-order chi connectivity index (χ1) is 15.3. The molecule has 6 heteroatoms. The molecule has 0 saturated carbocycles. The number of carbonyl (C=O) groups excluding carboxylic acids is 2. The molecule has 0 radical (unpaired) electrons. The average molecular weight is 430 g/mol. The summed E-state index contributed by atoms with van der Waals surface area (Å²) >= 11 is 0. The standard InChI is InChI=1S/C26H23FN2O3/c1-16(2)32-22-14-12-21(13-15-22)29-25(30)23(18-6-4-17(3)5-7-18)24(26(29)31)28-20-10-8-19(27)9-11-20/h4-16,28H,1-3H3. The van der Waals surface area contributed by atoms with E-state index in [1.807, 2.05) is 45.0 Å². The van der Waals surface area contributed by atoms with Crippen LogP contribution in [0.4, 0.5) is 15.8 Å². The van der Waals surface area contributed by atoms with Gasteiger partial charge in [0.05, 0.1) is 17.4 Å². The van der Waals surface area contributed by atoms with E-state index in [0.29, 0.717) is 22.7 Å². The zero-order valence-electron chi connectivity index (χ0n) is 18.1. The molecule has 5 nitrogen and oxygen atoms in total. The lowest BCUT2D eigenvalue weighted by molar-refractivity contribution is -0.120. The van der Waals surface area contributed by atoms with Crippen LogP contribution in [0, 0.1) is 12.7 Å². The first kappa shape index (κ1) is 21.3. The van der Waals surface area contributed by atoms with Crippen LogP contribution in [0.5, 0.6) is 5.75 Å². The molecule has 0 spiro atoms. The normalized spacial score (nSPS) is 13.8. The number of rotatable bonds is 6. The van der Waals surface area contributed by atoms with Gasteiger partial charge in [-0.2, -0.15) is 0 Å². The fourth-order valence-electron chi connectivity index (χ4n) is 3.49. The second-order valence-electron chi connectivity index (χ2n) is 7.85. The highest BCUT2D eigenvalue weighted by Gasteiger charge is 2.40. The Morgan fingerprint density at radius 1 is 0.844 bits per heavy atom. The molecule has 162 valence electrons. The van der Waals surface area contributed by atoms with Crippen LogP contribution in [0.1, 0.15) is 25.0 Å². The Balaban J connectivity index is 1.73. The SMILES string of the molecule is Cc1ccc(C2=C(Nc3ccc(F)cc3)C(=O)N(c3ccc(OC(C)C)cc3)C2=O)cc1. The van der Waals surface area contributed by atoms with E-state index < -0.39 is 11.8 Å². The van der Waals surface area contributed by atoms with Crippen molar-refractivity contribution in [2.45, 2.75) is 26.9 Å². The number of nitrogens with one attached hydrogen (secondary N) is 1. The van der Waals surface area contributed by atoms with E-state index in [4.69, 9.17) is 4.74 Å². The van der Waals surface area contributed by atoms with Crippen LogP contribution < -0.4 is 15.0 Å². The van der Waals surface area contributed by atoms with Crippen LogP contribution in [-0.4, -0.2) is 17.9 Å². The molecule has 32 heavy (non-hydrogen) atoms. The van der Waals surface area contributed by atoms with Gasteiger partial charge in [0.1, 0.15) is 17.3 Å². The Morgan fingerprint density at radius 3 is 2.06 bits per heavy atom. The summed E-state index contributed by atoms with van der Waals surface area (Å²) < 4.78 is 19.0. The molecule has 0 aliphatic carbocycles. The Kier molecular flexibility index (Phi) is 5.77. The number of ether oxygens (including phenoxy) is 1. The molecular formula is C26H23FN2O3. The van der Waals surface area contributed by atoms with Crippen LogP contribution in [-0.2, 0) is 9.59 Å². The summed E-state index contributed by atoms with van der Waals surface area (Å²) in [5.41, 5.74) is 3.03. The number of carbonyl (C=O) groups is 2. The number of halogens is 1. The molecule has 4 rings (SSSR count). The number of aryl methyl sites for hydroxylation is 1. The van der Waals surface area contributed by atoms with Crippen LogP contribution in [0.3, 0.4) is 0 Å². The van der Waals surface area contributed by atoms with Crippen molar-refractivity contribution in [2.75, 3.05) is 10.2 Å². The highest BCUT2D eigenvalue weighted by molar-refractivity contribution is 6.46. The van der Waals surface area contributed by atoms with Crippen LogP contribution in [0.25, 0.3) is 5.57 Å². The highest BCUT2D eigenvalue weighted by Crippen LogP contribution is 2.34. The molecule has 3 aromatic carbocycles. The summed E-state index contributed by atoms with van der Waals surface area (Å²) in [7, 11) is 0.